The first kappa shape index (κ1) is 18.8. The smallest absolute Gasteiger partial charge is 0.407 e. The number of ether oxygens (including phenoxy) is 1. The zero-order valence-corrected chi connectivity index (χ0v) is 15.9. The second kappa shape index (κ2) is 7.55. The summed E-state index contributed by atoms with van der Waals surface area (Å²) in [6, 6.07) is 1.93. The number of rotatable bonds is 3. The average Bonchev–Trinajstić information content (AvgIpc) is 2.42. The average molecular weight is 355 g/mol. The molecule has 1 saturated heterocycles. The highest BCUT2D eigenvalue weighted by Gasteiger charge is 2.30. The van der Waals surface area contributed by atoms with Gasteiger partial charge in [0.15, 0.2) is 0 Å². The molecule has 2 atom stereocenters. The van der Waals surface area contributed by atoms with Crippen LogP contribution in [0.25, 0.3) is 0 Å². The lowest BCUT2D eigenvalue weighted by Gasteiger charge is -2.41. The van der Waals surface area contributed by atoms with Gasteiger partial charge in [-0.3, -0.25) is 0 Å². The van der Waals surface area contributed by atoms with Crippen LogP contribution in [0.5, 0.6) is 0 Å². The molecule has 2 rings (SSSR count). The van der Waals surface area contributed by atoms with Gasteiger partial charge in [-0.05, 0) is 46.5 Å². The van der Waals surface area contributed by atoms with Gasteiger partial charge in [0.05, 0.1) is 6.04 Å². The molecule has 1 aromatic rings. The molecule has 1 aliphatic rings. The number of alkyl carbamates (subject to hydrolysis) is 1. The van der Waals surface area contributed by atoms with E-state index in [0.717, 1.165) is 25.2 Å². The van der Waals surface area contributed by atoms with Crippen LogP contribution in [-0.4, -0.2) is 40.8 Å². The molecule has 0 bridgehead atoms. The normalized spacial score (nSPS) is 21.5. The molecule has 7 heteroatoms. The lowest BCUT2D eigenvalue weighted by atomic mass is 9.90. The predicted octanol–water partition coefficient (Wildman–Crippen LogP) is 3.57. The lowest BCUT2D eigenvalue weighted by molar-refractivity contribution is 0.0519. The van der Waals surface area contributed by atoms with E-state index in [9.17, 15) is 4.79 Å². The summed E-state index contributed by atoms with van der Waals surface area (Å²) in [5.41, 5.74) is -0.501. The van der Waals surface area contributed by atoms with E-state index < -0.39 is 11.7 Å². The summed E-state index contributed by atoms with van der Waals surface area (Å²) in [6.07, 6.45) is 1.82. The number of piperidine rings is 1. The van der Waals surface area contributed by atoms with Crippen LogP contribution in [0.15, 0.2) is 6.07 Å². The van der Waals surface area contributed by atoms with Gasteiger partial charge in [-0.1, -0.05) is 18.5 Å². The molecule has 0 aromatic carbocycles. The fourth-order valence-electron chi connectivity index (χ4n) is 3.01. The molecule has 2 heterocycles. The molecule has 1 amide bonds. The largest absolute Gasteiger partial charge is 0.444 e. The van der Waals surface area contributed by atoms with Gasteiger partial charge >= 0.3 is 6.09 Å². The highest BCUT2D eigenvalue weighted by atomic mass is 35.5. The maximum Gasteiger partial charge on any atom is 0.407 e. The van der Waals surface area contributed by atoms with Crippen molar-refractivity contribution in [1.29, 1.82) is 0 Å². The Morgan fingerprint density at radius 1 is 1.46 bits per heavy atom. The first-order valence-electron chi connectivity index (χ1n) is 8.40. The van der Waals surface area contributed by atoms with Gasteiger partial charge in [0.2, 0.25) is 0 Å². The van der Waals surface area contributed by atoms with Crippen molar-refractivity contribution in [1.82, 2.24) is 15.3 Å². The Bertz CT molecular complexity index is 568. The van der Waals surface area contributed by atoms with Gasteiger partial charge in [0.1, 0.15) is 22.4 Å². The lowest BCUT2D eigenvalue weighted by Crippen LogP contribution is -2.51. The van der Waals surface area contributed by atoms with Gasteiger partial charge < -0.3 is 15.0 Å². The van der Waals surface area contributed by atoms with Crippen LogP contribution in [0.4, 0.5) is 10.6 Å². The number of halogens is 1. The molecular formula is C17H27ClN4O2. The highest BCUT2D eigenvalue weighted by Crippen LogP contribution is 2.28. The zero-order chi connectivity index (χ0) is 17.9. The van der Waals surface area contributed by atoms with Crippen LogP contribution >= 0.6 is 11.6 Å². The molecule has 2 unspecified atom stereocenters. The Labute approximate surface area is 148 Å². The number of aromatic nitrogens is 2. The zero-order valence-electron chi connectivity index (χ0n) is 15.1. The Balaban J connectivity index is 2.10. The Hall–Kier alpha value is -1.56. The first-order valence-corrected chi connectivity index (χ1v) is 8.78. The fraction of sp³-hybridized carbons (Fsp3) is 0.706. The third kappa shape index (κ3) is 5.23. The molecule has 0 radical (unpaired) electrons. The van der Waals surface area contributed by atoms with Crippen molar-refractivity contribution in [3.8, 4) is 0 Å². The molecule has 24 heavy (non-hydrogen) atoms. The van der Waals surface area contributed by atoms with Gasteiger partial charge in [0, 0.05) is 19.2 Å². The van der Waals surface area contributed by atoms with Crippen molar-refractivity contribution >= 4 is 23.5 Å². The van der Waals surface area contributed by atoms with E-state index in [0.29, 0.717) is 23.4 Å². The van der Waals surface area contributed by atoms with Gasteiger partial charge in [-0.2, -0.15) is 0 Å². The minimum Gasteiger partial charge on any atom is -0.444 e. The summed E-state index contributed by atoms with van der Waals surface area (Å²) in [5, 5.41) is 3.33. The number of nitrogens with zero attached hydrogens (tertiary/aromatic N) is 3. The van der Waals surface area contributed by atoms with Crippen molar-refractivity contribution in [3.05, 3.63) is 17.0 Å². The number of nitrogens with one attached hydrogen (secondary N) is 1. The summed E-state index contributed by atoms with van der Waals surface area (Å²) in [5.74, 6) is 1.90. The second-order valence-corrected chi connectivity index (χ2v) is 7.75. The summed E-state index contributed by atoms with van der Waals surface area (Å²) in [7, 11) is 0. The molecule has 1 aromatic heterocycles. The summed E-state index contributed by atoms with van der Waals surface area (Å²) < 4.78 is 5.33. The number of hydrogen-bond donors (Lipinski definition) is 1. The Morgan fingerprint density at radius 3 is 2.79 bits per heavy atom. The Kier molecular flexibility index (Phi) is 5.91. The molecule has 6 nitrogen and oxygen atoms in total. The maximum absolute atomic E-state index is 12.0. The molecule has 134 valence electrons. The van der Waals surface area contributed by atoms with Crippen LogP contribution in [0.3, 0.4) is 0 Å². The topological polar surface area (TPSA) is 67.4 Å². The number of carbonyl (C=O) groups is 1. The SMILES string of the molecule is Cc1nc(Cl)cc(N2CCCC(C)C2CNC(=O)OC(C)(C)C)n1. The minimum absolute atomic E-state index is 0.150. The van der Waals surface area contributed by atoms with E-state index in [2.05, 4.69) is 27.1 Å². The van der Waals surface area contributed by atoms with E-state index >= 15 is 0 Å². The standard InChI is InChI=1S/C17H27ClN4O2/c1-11-7-6-8-22(15-9-14(18)20-12(2)21-15)13(11)10-19-16(23)24-17(3,4)5/h9,11,13H,6-8,10H2,1-5H3,(H,19,23). The highest BCUT2D eigenvalue weighted by molar-refractivity contribution is 6.29. The van der Waals surface area contributed by atoms with E-state index in [-0.39, 0.29) is 6.04 Å². The van der Waals surface area contributed by atoms with Crippen molar-refractivity contribution in [2.24, 2.45) is 5.92 Å². The molecule has 0 spiro atoms. The van der Waals surface area contributed by atoms with Crippen LogP contribution in [0.1, 0.15) is 46.4 Å². The Morgan fingerprint density at radius 2 is 2.17 bits per heavy atom. The van der Waals surface area contributed by atoms with Crippen molar-refractivity contribution in [2.75, 3.05) is 18.0 Å². The number of hydrogen-bond acceptors (Lipinski definition) is 5. The second-order valence-electron chi connectivity index (χ2n) is 7.36. The quantitative estimate of drug-likeness (QED) is 0.840. The third-order valence-electron chi connectivity index (χ3n) is 4.06. The summed E-state index contributed by atoms with van der Waals surface area (Å²) in [6.45, 7) is 11.0. The molecule has 0 aliphatic carbocycles. The van der Waals surface area contributed by atoms with Crippen molar-refractivity contribution < 1.29 is 9.53 Å². The van der Waals surface area contributed by atoms with Gasteiger partial charge in [0.25, 0.3) is 0 Å². The molecule has 0 saturated carbocycles. The summed E-state index contributed by atoms with van der Waals surface area (Å²) >= 11 is 6.09. The summed E-state index contributed by atoms with van der Waals surface area (Å²) in [4.78, 5) is 22.8. The van der Waals surface area contributed by atoms with Gasteiger partial charge in [-0.15, -0.1) is 0 Å². The van der Waals surface area contributed by atoms with Gasteiger partial charge in [-0.25, -0.2) is 14.8 Å². The number of aryl methyl sites for hydroxylation is 1. The van der Waals surface area contributed by atoms with Crippen LogP contribution in [-0.2, 0) is 4.74 Å². The van der Waals surface area contributed by atoms with Crippen LogP contribution in [0, 0.1) is 12.8 Å². The molecular weight excluding hydrogens is 328 g/mol. The third-order valence-corrected chi connectivity index (χ3v) is 4.25. The first-order chi connectivity index (χ1) is 11.2. The van der Waals surface area contributed by atoms with E-state index in [1.165, 1.54) is 0 Å². The number of amides is 1. The molecule has 1 fully saturated rings. The van der Waals surface area contributed by atoms with E-state index in [1.54, 1.807) is 6.07 Å². The predicted molar refractivity (Wildman–Crippen MR) is 95.5 cm³/mol. The molecule has 1 aliphatic heterocycles. The monoisotopic (exact) mass is 354 g/mol. The molecule has 1 N–H and O–H groups in total. The van der Waals surface area contributed by atoms with Crippen molar-refractivity contribution in [2.45, 2.75) is 59.1 Å². The number of carbonyl (C=O) groups excluding carboxylic acids is 1. The van der Waals surface area contributed by atoms with E-state index in [1.807, 2.05) is 27.7 Å². The van der Waals surface area contributed by atoms with Crippen LogP contribution in [0.2, 0.25) is 5.15 Å². The van der Waals surface area contributed by atoms with Crippen LogP contribution < -0.4 is 10.2 Å². The fourth-order valence-corrected chi connectivity index (χ4v) is 3.23. The maximum atomic E-state index is 12.0. The van der Waals surface area contributed by atoms with E-state index in [4.69, 9.17) is 16.3 Å². The van der Waals surface area contributed by atoms with Crippen molar-refractivity contribution in [3.63, 3.8) is 0 Å². The minimum atomic E-state index is -0.501. The number of anilines is 1.